The van der Waals surface area contributed by atoms with Gasteiger partial charge in [-0.25, -0.2) is 0 Å². The van der Waals surface area contributed by atoms with Gasteiger partial charge in [-0.15, -0.1) is 24.0 Å². The van der Waals surface area contributed by atoms with Crippen molar-refractivity contribution in [1.29, 1.82) is 0 Å². The van der Waals surface area contributed by atoms with Crippen LogP contribution in [0.4, 0.5) is 0 Å². The Balaban J connectivity index is 0.00000450. The summed E-state index contributed by atoms with van der Waals surface area (Å²) in [6.07, 6.45) is 2.21. The van der Waals surface area contributed by atoms with Crippen LogP contribution >= 0.6 is 24.0 Å². The highest BCUT2D eigenvalue weighted by molar-refractivity contribution is 14.0. The summed E-state index contributed by atoms with van der Waals surface area (Å²) in [7, 11) is 1.86. The molecule has 0 bridgehead atoms. The molecule has 0 spiro atoms. The average molecular weight is 530 g/mol. The number of halogens is 1. The maximum atomic E-state index is 4.38. The lowest BCUT2D eigenvalue weighted by Crippen LogP contribution is -2.48. The average Bonchev–Trinajstić information content (AvgIpc) is 2.74. The van der Waals surface area contributed by atoms with Gasteiger partial charge in [0.05, 0.1) is 0 Å². The van der Waals surface area contributed by atoms with Crippen LogP contribution in [0.3, 0.4) is 0 Å². The minimum absolute atomic E-state index is 0. The monoisotopic (exact) mass is 529 g/mol. The molecule has 0 aromatic heterocycles. The third kappa shape index (κ3) is 9.96. The van der Waals surface area contributed by atoms with Crippen molar-refractivity contribution in [3.8, 4) is 0 Å². The van der Waals surface area contributed by atoms with Crippen molar-refractivity contribution >= 4 is 29.9 Å². The highest BCUT2D eigenvalue weighted by atomic mass is 127. The van der Waals surface area contributed by atoms with E-state index in [1.807, 2.05) is 7.05 Å². The Morgan fingerprint density at radius 2 is 1.63 bits per heavy atom. The molecule has 30 heavy (non-hydrogen) atoms. The minimum Gasteiger partial charge on any atom is -0.356 e. The lowest BCUT2D eigenvalue weighted by Gasteiger charge is -2.35. The fourth-order valence-corrected chi connectivity index (χ4v) is 3.85. The molecule has 5 nitrogen and oxygen atoms in total. The number of benzene rings is 1. The van der Waals surface area contributed by atoms with Crippen molar-refractivity contribution in [3.05, 3.63) is 35.4 Å². The maximum absolute atomic E-state index is 4.38. The zero-order valence-corrected chi connectivity index (χ0v) is 22.1. The zero-order valence-electron chi connectivity index (χ0n) is 19.8. The third-order valence-electron chi connectivity index (χ3n) is 5.90. The molecule has 2 rings (SSSR count). The van der Waals surface area contributed by atoms with Crippen LogP contribution in [0.25, 0.3) is 0 Å². The molecular weight excluding hydrogens is 485 g/mol. The molecule has 1 aliphatic heterocycles. The van der Waals surface area contributed by atoms with Crippen molar-refractivity contribution in [1.82, 2.24) is 20.4 Å². The Morgan fingerprint density at radius 3 is 2.20 bits per heavy atom. The van der Waals surface area contributed by atoms with Gasteiger partial charge in [0.15, 0.2) is 5.96 Å². The molecule has 1 aromatic carbocycles. The van der Waals surface area contributed by atoms with Gasteiger partial charge in [0, 0.05) is 52.9 Å². The van der Waals surface area contributed by atoms with Gasteiger partial charge in [-0.05, 0) is 42.3 Å². The van der Waals surface area contributed by atoms with Crippen LogP contribution in [0.15, 0.2) is 29.3 Å². The topological polar surface area (TPSA) is 42.9 Å². The smallest absolute Gasteiger partial charge is 0.190 e. The summed E-state index contributed by atoms with van der Waals surface area (Å²) in [4.78, 5) is 9.51. The summed E-state index contributed by atoms with van der Waals surface area (Å²) >= 11 is 0. The molecule has 2 N–H and O–H groups in total. The van der Waals surface area contributed by atoms with Crippen LogP contribution in [0, 0.1) is 5.92 Å². The standard InChI is InChI=1S/C24H43N5.HI/c1-6-28-14-16-29(17-15-28)19-21(4)18-27-24(25-5)26-13-7-8-22-9-11-23(12-10-22)20(2)3;/h9-12,20-21H,6-8,13-19H2,1-5H3,(H2,25,26,27);1H. The minimum atomic E-state index is 0. The quantitative estimate of drug-likeness (QED) is 0.210. The first kappa shape index (κ1) is 27.2. The molecule has 6 heteroatoms. The second-order valence-corrected chi connectivity index (χ2v) is 8.72. The van der Waals surface area contributed by atoms with E-state index in [4.69, 9.17) is 0 Å². The van der Waals surface area contributed by atoms with Gasteiger partial charge in [0.2, 0.25) is 0 Å². The van der Waals surface area contributed by atoms with Crippen molar-refractivity contribution in [2.24, 2.45) is 10.9 Å². The zero-order chi connectivity index (χ0) is 21.1. The first-order valence-corrected chi connectivity index (χ1v) is 11.5. The van der Waals surface area contributed by atoms with Crippen LogP contribution in [0.1, 0.15) is 51.2 Å². The number of hydrogen-bond acceptors (Lipinski definition) is 3. The molecule has 172 valence electrons. The Bertz CT molecular complexity index is 594. The van der Waals surface area contributed by atoms with E-state index in [2.05, 4.69) is 77.4 Å². The van der Waals surface area contributed by atoms with Gasteiger partial charge < -0.3 is 20.4 Å². The van der Waals surface area contributed by atoms with E-state index in [1.165, 1.54) is 43.9 Å². The fourth-order valence-electron chi connectivity index (χ4n) is 3.85. The van der Waals surface area contributed by atoms with Gasteiger partial charge >= 0.3 is 0 Å². The highest BCUT2D eigenvalue weighted by Gasteiger charge is 2.17. The van der Waals surface area contributed by atoms with E-state index in [-0.39, 0.29) is 24.0 Å². The summed E-state index contributed by atoms with van der Waals surface area (Å²) < 4.78 is 0. The van der Waals surface area contributed by atoms with Crippen LogP contribution in [-0.4, -0.2) is 75.2 Å². The summed E-state index contributed by atoms with van der Waals surface area (Å²) in [6, 6.07) is 9.06. The molecule has 1 saturated heterocycles. The van der Waals surface area contributed by atoms with Gasteiger partial charge in [-0.2, -0.15) is 0 Å². The Labute approximate surface area is 202 Å². The Kier molecular flexibility index (Phi) is 13.6. The molecule has 1 aromatic rings. The molecule has 1 aliphatic rings. The van der Waals surface area contributed by atoms with Gasteiger partial charge in [0.1, 0.15) is 0 Å². The number of rotatable bonds is 10. The fraction of sp³-hybridized carbons (Fsp3) is 0.708. The number of aryl methyl sites for hydroxylation is 1. The number of hydrogen-bond donors (Lipinski definition) is 2. The molecule has 1 unspecified atom stereocenters. The second-order valence-electron chi connectivity index (χ2n) is 8.72. The van der Waals surface area contributed by atoms with E-state index >= 15 is 0 Å². The predicted molar refractivity (Wildman–Crippen MR) is 141 cm³/mol. The van der Waals surface area contributed by atoms with Crippen LogP contribution in [-0.2, 0) is 6.42 Å². The van der Waals surface area contributed by atoms with Gasteiger partial charge in [-0.3, -0.25) is 4.99 Å². The molecule has 0 saturated carbocycles. The molecule has 0 radical (unpaired) electrons. The van der Waals surface area contributed by atoms with Crippen LogP contribution in [0.2, 0.25) is 0 Å². The summed E-state index contributed by atoms with van der Waals surface area (Å²) in [5.74, 6) is 2.13. The summed E-state index contributed by atoms with van der Waals surface area (Å²) in [5, 5.41) is 6.96. The second kappa shape index (κ2) is 15.0. The Morgan fingerprint density at radius 1 is 1.00 bits per heavy atom. The molecule has 1 fully saturated rings. The van der Waals surface area contributed by atoms with E-state index in [1.54, 1.807) is 0 Å². The SMILES string of the molecule is CCN1CCN(CC(C)CNC(=NC)NCCCc2ccc(C(C)C)cc2)CC1.I. The van der Waals surface area contributed by atoms with E-state index in [0.29, 0.717) is 11.8 Å². The number of nitrogens with one attached hydrogen (secondary N) is 2. The van der Waals surface area contributed by atoms with Crippen LogP contribution in [0.5, 0.6) is 0 Å². The van der Waals surface area contributed by atoms with Crippen molar-refractivity contribution < 1.29 is 0 Å². The first-order chi connectivity index (χ1) is 14.0. The lowest BCUT2D eigenvalue weighted by atomic mass is 10.0. The van der Waals surface area contributed by atoms with Crippen molar-refractivity contribution in [2.75, 3.05) is 59.4 Å². The Hall–Kier alpha value is -0.860. The number of nitrogens with zero attached hydrogens (tertiary/aromatic N) is 3. The van der Waals surface area contributed by atoms with E-state index < -0.39 is 0 Å². The first-order valence-electron chi connectivity index (χ1n) is 11.5. The van der Waals surface area contributed by atoms with Crippen molar-refractivity contribution in [2.45, 2.75) is 46.5 Å². The van der Waals surface area contributed by atoms with Crippen molar-refractivity contribution in [3.63, 3.8) is 0 Å². The molecule has 1 atom stereocenters. The molecule has 0 amide bonds. The molecule has 0 aliphatic carbocycles. The lowest BCUT2D eigenvalue weighted by molar-refractivity contribution is 0.124. The van der Waals surface area contributed by atoms with Gasteiger partial charge in [-0.1, -0.05) is 52.0 Å². The number of guanidine groups is 1. The molecular formula is C24H44IN5. The highest BCUT2D eigenvalue weighted by Crippen LogP contribution is 2.15. The van der Waals surface area contributed by atoms with Crippen LogP contribution < -0.4 is 10.6 Å². The van der Waals surface area contributed by atoms with Gasteiger partial charge in [0.25, 0.3) is 0 Å². The maximum Gasteiger partial charge on any atom is 0.190 e. The van der Waals surface area contributed by atoms with E-state index in [0.717, 1.165) is 38.4 Å². The number of likely N-dealkylation sites (N-methyl/N-ethyl adjacent to an activating group) is 1. The normalized spacial score (nSPS) is 16.9. The van der Waals surface area contributed by atoms with E-state index in [9.17, 15) is 0 Å². The summed E-state index contributed by atoms with van der Waals surface area (Å²) in [6.45, 7) is 18.1. The number of piperazine rings is 1. The largest absolute Gasteiger partial charge is 0.356 e. The summed E-state index contributed by atoms with van der Waals surface area (Å²) in [5.41, 5.74) is 2.83. The number of aliphatic imine (C=N–C) groups is 1. The predicted octanol–water partition coefficient (Wildman–Crippen LogP) is 3.80. The molecule has 1 heterocycles. The third-order valence-corrected chi connectivity index (χ3v) is 5.90.